The molecule has 3 unspecified atom stereocenters. The van der Waals surface area contributed by atoms with Gasteiger partial charge in [0.15, 0.2) is 0 Å². The number of hydrogen-bond acceptors (Lipinski definition) is 8. The molecule has 0 radical (unpaired) electrons. The summed E-state index contributed by atoms with van der Waals surface area (Å²) in [6.07, 6.45) is -0.535. The van der Waals surface area contributed by atoms with Gasteiger partial charge in [-0.15, -0.1) is 0 Å². The minimum atomic E-state index is -1.56. The molecule has 0 rings (SSSR count). The van der Waals surface area contributed by atoms with Crippen LogP contribution in [0.1, 0.15) is 6.42 Å². The molecule has 0 heterocycles. The first kappa shape index (κ1) is 22.6. The summed E-state index contributed by atoms with van der Waals surface area (Å²) in [5, 5.41) is 24.0. The van der Waals surface area contributed by atoms with Crippen LogP contribution in [0.4, 0.5) is 0 Å². The zero-order chi connectivity index (χ0) is 19.6. The molecule has 0 aliphatic heterocycles. The average Bonchev–Trinajstić information content (AvgIpc) is 2.55. The SMILES string of the molecule is NCC(=O)NC(CC(N)=O)C(=O)NC(CS)C(=O)NC(CO)C(=O)O. The van der Waals surface area contributed by atoms with Crippen LogP contribution in [0.5, 0.6) is 0 Å². The van der Waals surface area contributed by atoms with Crippen LogP contribution in [0.3, 0.4) is 0 Å². The largest absolute Gasteiger partial charge is 0.480 e. The number of carbonyl (C=O) groups is 5. The van der Waals surface area contributed by atoms with Gasteiger partial charge in [0.2, 0.25) is 23.6 Å². The molecule has 12 nitrogen and oxygen atoms in total. The Kier molecular flexibility index (Phi) is 10.2. The molecule has 25 heavy (non-hydrogen) atoms. The van der Waals surface area contributed by atoms with E-state index in [-0.39, 0.29) is 5.75 Å². The van der Waals surface area contributed by atoms with Crippen LogP contribution in [-0.2, 0) is 24.0 Å². The van der Waals surface area contributed by atoms with Crippen molar-refractivity contribution in [2.45, 2.75) is 24.5 Å². The van der Waals surface area contributed by atoms with E-state index < -0.39 is 67.3 Å². The molecule has 0 aromatic heterocycles. The van der Waals surface area contributed by atoms with Crippen molar-refractivity contribution in [1.29, 1.82) is 0 Å². The Hall–Kier alpha value is -2.38. The highest BCUT2D eigenvalue weighted by Gasteiger charge is 2.29. The molecule has 0 aromatic carbocycles. The summed E-state index contributed by atoms with van der Waals surface area (Å²) in [6, 6.07) is -4.21. The Balaban J connectivity index is 5.01. The number of amides is 4. The van der Waals surface area contributed by atoms with E-state index in [0.717, 1.165) is 0 Å². The van der Waals surface area contributed by atoms with Crippen LogP contribution < -0.4 is 27.4 Å². The van der Waals surface area contributed by atoms with Gasteiger partial charge in [0, 0.05) is 5.75 Å². The normalized spacial score (nSPS) is 13.9. The van der Waals surface area contributed by atoms with Crippen molar-refractivity contribution in [3.63, 3.8) is 0 Å². The summed E-state index contributed by atoms with van der Waals surface area (Å²) in [5.74, 6) is -5.13. The second-order valence-corrected chi connectivity index (χ2v) is 5.19. The van der Waals surface area contributed by atoms with Crippen LogP contribution in [0.2, 0.25) is 0 Å². The molecule has 3 atom stereocenters. The maximum absolute atomic E-state index is 12.1. The molecular formula is C12H21N5O7S. The molecule has 0 spiro atoms. The number of carboxylic acid groups (broad SMARTS) is 1. The number of nitrogens with one attached hydrogen (secondary N) is 3. The monoisotopic (exact) mass is 379 g/mol. The number of primary amides is 1. The van der Waals surface area contributed by atoms with Gasteiger partial charge in [0.1, 0.15) is 18.1 Å². The van der Waals surface area contributed by atoms with E-state index in [9.17, 15) is 24.0 Å². The van der Waals surface area contributed by atoms with E-state index in [1.54, 1.807) is 0 Å². The van der Waals surface area contributed by atoms with Gasteiger partial charge in [0.05, 0.1) is 19.6 Å². The number of thiol groups is 1. The minimum absolute atomic E-state index is 0.219. The molecular weight excluding hydrogens is 358 g/mol. The summed E-state index contributed by atoms with van der Waals surface area (Å²) in [4.78, 5) is 57.2. The molecule has 0 saturated heterocycles. The maximum atomic E-state index is 12.1. The lowest BCUT2D eigenvalue weighted by Crippen LogP contribution is -2.57. The smallest absolute Gasteiger partial charge is 0.328 e. The van der Waals surface area contributed by atoms with Gasteiger partial charge in [-0.2, -0.15) is 12.6 Å². The van der Waals surface area contributed by atoms with Crippen molar-refractivity contribution in [2.75, 3.05) is 18.9 Å². The summed E-state index contributed by atoms with van der Waals surface area (Å²) in [5.41, 5.74) is 10.1. The Bertz CT molecular complexity index is 530. The lowest BCUT2D eigenvalue weighted by Gasteiger charge is -2.22. The van der Waals surface area contributed by atoms with Gasteiger partial charge in [-0.05, 0) is 0 Å². The third kappa shape index (κ3) is 8.32. The Labute approximate surface area is 148 Å². The van der Waals surface area contributed by atoms with E-state index in [1.165, 1.54) is 0 Å². The van der Waals surface area contributed by atoms with Crippen molar-refractivity contribution in [1.82, 2.24) is 16.0 Å². The standard InChI is InChI=1S/C12H21N5O7S/c13-2-9(20)15-5(1-8(14)19)10(21)17-7(4-25)11(22)16-6(3-18)12(23)24/h5-7,18,25H,1-4,13H2,(H2,14,19)(H,15,20)(H,16,22)(H,17,21)(H,23,24). The molecule has 0 aliphatic carbocycles. The molecule has 142 valence electrons. The summed E-state index contributed by atoms with van der Waals surface area (Å²) >= 11 is 3.88. The third-order valence-corrected chi connectivity index (χ3v) is 3.22. The number of aliphatic hydroxyl groups is 1. The minimum Gasteiger partial charge on any atom is -0.480 e. The van der Waals surface area contributed by atoms with E-state index in [1.807, 2.05) is 5.32 Å². The fourth-order valence-electron chi connectivity index (χ4n) is 1.59. The summed E-state index contributed by atoms with van der Waals surface area (Å²) in [7, 11) is 0. The van der Waals surface area contributed by atoms with Crippen molar-refractivity contribution >= 4 is 42.2 Å². The van der Waals surface area contributed by atoms with E-state index in [4.69, 9.17) is 21.7 Å². The predicted octanol–water partition coefficient (Wildman–Crippen LogP) is -4.72. The van der Waals surface area contributed by atoms with Gasteiger partial charge < -0.3 is 37.6 Å². The van der Waals surface area contributed by atoms with Crippen molar-refractivity contribution in [3.05, 3.63) is 0 Å². The maximum Gasteiger partial charge on any atom is 0.328 e. The number of nitrogens with two attached hydrogens (primary N) is 2. The topological polar surface area (TPSA) is 214 Å². The van der Waals surface area contributed by atoms with Gasteiger partial charge in [-0.1, -0.05) is 0 Å². The second kappa shape index (κ2) is 11.2. The van der Waals surface area contributed by atoms with Gasteiger partial charge in [-0.3, -0.25) is 19.2 Å². The fraction of sp³-hybridized carbons (Fsp3) is 0.583. The predicted molar refractivity (Wildman–Crippen MR) is 87.2 cm³/mol. The average molecular weight is 379 g/mol. The molecule has 13 heteroatoms. The summed E-state index contributed by atoms with van der Waals surface area (Å²) in [6.45, 7) is -1.29. The quantitative estimate of drug-likeness (QED) is 0.163. The number of carbonyl (C=O) groups excluding carboxylic acids is 4. The van der Waals surface area contributed by atoms with Crippen molar-refractivity contribution in [3.8, 4) is 0 Å². The van der Waals surface area contributed by atoms with Gasteiger partial charge in [-0.25, -0.2) is 4.79 Å². The first-order valence-corrected chi connectivity index (χ1v) is 7.62. The highest BCUT2D eigenvalue weighted by Crippen LogP contribution is 1.97. The first-order chi connectivity index (χ1) is 11.7. The highest BCUT2D eigenvalue weighted by molar-refractivity contribution is 7.80. The van der Waals surface area contributed by atoms with Crippen LogP contribution >= 0.6 is 12.6 Å². The Morgan fingerprint density at radius 2 is 1.48 bits per heavy atom. The Morgan fingerprint density at radius 3 is 1.88 bits per heavy atom. The molecule has 9 N–H and O–H groups in total. The van der Waals surface area contributed by atoms with Crippen LogP contribution in [0.15, 0.2) is 0 Å². The van der Waals surface area contributed by atoms with E-state index >= 15 is 0 Å². The van der Waals surface area contributed by atoms with Crippen LogP contribution in [-0.4, -0.2) is 76.8 Å². The lowest BCUT2D eigenvalue weighted by atomic mass is 10.1. The first-order valence-electron chi connectivity index (χ1n) is 6.99. The molecule has 0 aromatic rings. The summed E-state index contributed by atoms with van der Waals surface area (Å²) < 4.78 is 0. The molecule has 0 bridgehead atoms. The number of hydrogen-bond donors (Lipinski definition) is 8. The van der Waals surface area contributed by atoms with E-state index in [2.05, 4.69) is 23.3 Å². The number of aliphatic hydroxyl groups excluding tert-OH is 1. The number of aliphatic carboxylic acids is 1. The number of rotatable bonds is 11. The number of carboxylic acids is 1. The Morgan fingerprint density at radius 1 is 0.960 bits per heavy atom. The third-order valence-electron chi connectivity index (χ3n) is 2.86. The van der Waals surface area contributed by atoms with Gasteiger partial charge >= 0.3 is 5.97 Å². The lowest BCUT2D eigenvalue weighted by molar-refractivity contribution is -0.143. The van der Waals surface area contributed by atoms with Crippen molar-refractivity contribution in [2.24, 2.45) is 11.5 Å². The highest BCUT2D eigenvalue weighted by atomic mass is 32.1. The van der Waals surface area contributed by atoms with E-state index in [0.29, 0.717) is 0 Å². The molecule has 0 saturated carbocycles. The van der Waals surface area contributed by atoms with Crippen molar-refractivity contribution < 1.29 is 34.2 Å². The van der Waals surface area contributed by atoms with Crippen LogP contribution in [0, 0.1) is 0 Å². The molecule has 4 amide bonds. The second-order valence-electron chi connectivity index (χ2n) is 4.82. The zero-order valence-electron chi connectivity index (χ0n) is 13.1. The molecule has 0 fully saturated rings. The van der Waals surface area contributed by atoms with Gasteiger partial charge in [0.25, 0.3) is 0 Å². The van der Waals surface area contributed by atoms with Crippen LogP contribution in [0.25, 0.3) is 0 Å². The molecule has 0 aliphatic rings. The fourth-order valence-corrected chi connectivity index (χ4v) is 1.85. The zero-order valence-corrected chi connectivity index (χ0v) is 14.0.